The van der Waals surface area contributed by atoms with Gasteiger partial charge in [-0.2, -0.15) is 0 Å². The Kier molecular flexibility index (Phi) is 4.58. The predicted molar refractivity (Wildman–Crippen MR) is 101 cm³/mol. The van der Waals surface area contributed by atoms with Crippen molar-refractivity contribution in [2.45, 2.75) is 13.3 Å². The molecule has 1 aliphatic rings. The van der Waals surface area contributed by atoms with Crippen molar-refractivity contribution in [1.29, 1.82) is 0 Å². The fraction of sp³-hybridized carbons (Fsp3) is 0.200. The summed E-state index contributed by atoms with van der Waals surface area (Å²) < 4.78 is 11.0. The number of aromatic nitrogens is 1. The summed E-state index contributed by atoms with van der Waals surface area (Å²) in [6, 6.07) is 13.6. The van der Waals surface area contributed by atoms with Gasteiger partial charge < -0.3 is 9.47 Å². The summed E-state index contributed by atoms with van der Waals surface area (Å²) in [6.45, 7) is 3.10. The smallest absolute Gasteiger partial charge is 0.257 e. The molecule has 4 rings (SSSR count). The van der Waals surface area contributed by atoms with Crippen LogP contribution >= 0.6 is 11.3 Å². The molecule has 6 heteroatoms. The number of aryl methyl sites for hydroxylation is 1. The summed E-state index contributed by atoms with van der Waals surface area (Å²) in [7, 11) is 0. The average Bonchev–Trinajstić information content (AvgIpc) is 3.08. The third-order valence-corrected chi connectivity index (χ3v) is 4.95. The number of hydrogen-bond acceptors (Lipinski definition) is 5. The summed E-state index contributed by atoms with van der Waals surface area (Å²) in [5.74, 6) is 1.06. The summed E-state index contributed by atoms with van der Waals surface area (Å²) >= 11 is 1.49. The minimum absolute atomic E-state index is 0.210. The van der Waals surface area contributed by atoms with E-state index < -0.39 is 0 Å². The van der Waals surface area contributed by atoms with Crippen molar-refractivity contribution in [2.24, 2.45) is 0 Å². The largest absolute Gasteiger partial charge is 0.486 e. The highest BCUT2D eigenvalue weighted by atomic mass is 32.1. The van der Waals surface area contributed by atoms with Crippen molar-refractivity contribution in [3.63, 3.8) is 0 Å². The van der Waals surface area contributed by atoms with Crippen LogP contribution in [0.4, 0.5) is 5.13 Å². The Balaban J connectivity index is 1.44. The molecule has 0 bridgehead atoms. The van der Waals surface area contributed by atoms with Gasteiger partial charge in [0.25, 0.3) is 5.91 Å². The van der Waals surface area contributed by atoms with Crippen molar-refractivity contribution < 1.29 is 14.3 Å². The van der Waals surface area contributed by atoms with Crippen LogP contribution < -0.4 is 14.8 Å². The lowest BCUT2D eigenvalue weighted by Crippen LogP contribution is -2.17. The Morgan fingerprint density at radius 1 is 1.15 bits per heavy atom. The molecule has 0 fully saturated rings. The van der Waals surface area contributed by atoms with E-state index >= 15 is 0 Å². The van der Waals surface area contributed by atoms with Crippen LogP contribution in [0.5, 0.6) is 11.5 Å². The number of anilines is 1. The van der Waals surface area contributed by atoms with Gasteiger partial charge in [0.1, 0.15) is 13.2 Å². The zero-order valence-electron chi connectivity index (χ0n) is 14.3. The van der Waals surface area contributed by atoms with Gasteiger partial charge in [0, 0.05) is 23.1 Å². The summed E-state index contributed by atoms with van der Waals surface area (Å²) in [5.41, 5.74) is 2.99. The first-order valence-electron chi connectivity index (χ1n) is 8.38. The molecule has 0 spiro atoms. The number of rotatable bonds is 4. The van der Waals surface area contributed by atoms with Crippen LogP contribution in [0.25, 0.3) is 0 Å². The fourth-order valence-corrected chi connectivity index (χ4v) is 3.67. The SMILES string of the molecule is Cc1cccc(Cc2cnc(NC(=O)c3ccc4c(c3)OCCO4)s2)c1. The standard InChI is InChI=1S/C20H18N2O3S/c1-13-3-2-4-14(9-13)10-16-12-21-20(26-16)22-19(23)15-5-6-17-18(11-15)25-8-7-24-17/h2-6,9,11-12H,7-8,10H2,1H3,(H,21,22,23). The molecule has 1 N–H and O–H groups in total. The van der Waals surface area contributed by atoms with Gasteiger partial charge in [-0.05, 0) is 30.7 Å². The van der Waals surface area contributed by atoms with Gasteiger partial charge in [-0.15, -0.1) is 11.3 Å². The maximum Gasteiger partial charge on any atom is 0.257 e. The van der Waals surface area contributed by atoms with Crippen molar-refractivity contribution in [3.8, 4) is 11.5 Å². The van der Waals surface area contributed by atoms with Crippen LogP contribution in [0, 0.1) is 6.92 Å². The summed E-state index contributed by atoms with van der Waals surface area (Å²) in [6.07, 6.45) is 2.62. The second kappa shape index (κ2) is 7.17. The number of nitrogens with zero attached hydrogens (tertiary/aromatic N) is 1. The number of hydrogen-bond donors (Lipinski definition) is 1. The second-order valence-corrected chi connectivity index (χ2v) is 7.23. The Morgan fingerprint density at radius 2 is 2.00 bits per heavy atom. The molecule has 0 atom stereocenters. The molecule has 26 heavy (non-hydrogen) atoms. The first-order valence-corrected chi connectivity index (χ1v) is 9.20. The lowest BCUT2D eigenvalue weighted by atomic mass is 10.1. The second-order valence-electron chi connectivity index (χ2n) is 6.11. The zero-order valence-corrected chi connectivity index (χ0v) is 15.1. The minimum Gasteiger partial charge on any atom is -0.486 e. The van der Waals surface area contributed by atoms with Gasteiger partial charge in [-0.1, -0.05) is 29.8 Å². The van der Waals surface area contributed by atoms with Gasteiger partial charge in [0.15, 0.2) is 16.6 Å². The normalized spacial score (nSPS) is 12.7. The number of nitrogens with one attached hydrogen (secondary N) is 1. The highest BCUT2D eigenvalue weighted by Gasteiger charge is 2.16. The lowest BCUT2D eigenvalue weighted by Gasteiger charge is -2.18. The molecule has 0 radical (unpaired) electrons. The van der Waals surface area contributed by atoms with E-state index in [-0.39, 0.29) is 5.91 Å². The van der Waals surface area contributed by atoms with E-state index in [2.05, 4.69) is 41.5 Å². The Bertz CT molecular complexity index is 952. The van der Waals surface area contributed by atoms with E-state index in [1.165, 1.54) is 22.5 Å². The van der Waals surface area contributed by atoms with Gasteiger partial charge in [0.2, 0.25) is 0 Å². The number of carbonyl (C=O) groups is 1. The third-order valence-electron chi connectivity index (χ3n) is 4.04. The first kappa shape index (κ1) is 16.6. The van der Waals surface area contributed by atoms with Crippen molar-refractivity contribution in [2.75, 3.05) is 18.5 Å². The third kappa shape index (κ3) is 3.70. The Hall–Kier alpha value is -2.86. The van der Waals surface area contributed by atoms with Gasteiger partial charge in [-0.25, -0.2) is 4.98 Å². The highest BCUT2D eigenvalue weighted by Crippen LogP contribution is 2.31. The molecule has 5 nitrogen and oxygen atoms in total. The molecule has 3 aromatic rings. The maximum absolute atomic E-state index is 12.5. The molecule has 0 aliphatic carbocycles. The molecular formula is C20H18N2O3S. The highest BCUT2D eigenvalue weighted by molar-refractivity contribution is 7.15. The van der Waals surface area contributed by atoms with E-state index in [1.54, 1.807) is 18.2 Å². The molecule has 2 heterocycles. The quantitative estimate of drug-likeness (QED) is 0.756. The molecule has 1 aromatic heterocycles. The van der Waals surface area contributed by atoms with Crippen LogP contribution in [0.2, 0.25) is 0 Å². The van der Waals surface area contributed by atoms with Crippen LogP contribution in [0.15, 0.2) is 48.7 Å². The van der Waals surface area contributed by atoms with Crippen LogP contribution in [-0.2, 0) is 6.42 Å². The molecule has 132 valence electrons. The monoisotopic (exact) mass is 366 g/mol. The van der Waals surface area contributed by atoms with E-state index in [0.717, 1.165) is 11.3 Å². The molecule has 1 aliphatic heterocycles. The van der Waals surface area contributed by atoms with Crippen molar-refractivity contribution in [1.82, 2.24) is 4.98 Å². The van der Waals surface area contributed by atoms with E-state index in [0.29, 0.717) is 35.4 Å². The number of carbonyl (C=O) groups excluding carboxylic acids is 1. The first-order chi connectivity index (χ1) is 12.7. The molecule has 2 aromatic carbocycles. The molecule has 0 saturated heterocycles. The number of fused-ring (bicyclic) bond motifs is 1. The van der Waals surface area contributed by atoms with Crippen molar-refractivity contribution in [3.05, 3.63) is 70.2 Å². The topological polar surface area (TPSA) is 60.5 Å². The fourth-order valence-electron chi connectivity index (χ4n) is 2.82. The van der Waals surface area contributed by atoms with Crippen LogP contribution in [-0.4, -0.2) is 24.1 Å². The van der Waals surface area contributed by atoms with E-state index in [9.17, 15) is 4.79 Å². The van der Waals surface area contributed by atoms with E-state index in [4.69, 9.17) is 9.47 Å². The van der Waals surface area contributed by atoms with Crippen molar-refractivity contribution >= 4 is 22.4 Å². The molecular weight excluding hydrogens is 348 g/mol. The van der Waals surface area contributed by atoms with Crippen LogP contribution in [0.3, 0.4) is 0 Å². The number of amides is 1. The van der Waals surface area contributed by atoms with Crippen LogP contribution in [0.1, 0.15) is 26.4 Å². The number of ether oxygens (including phenoxy) is 2. The van der Waals surface area contributed by atoms with Gasteiger partial charge >= 0.3 is 0 Å². The van der Waals surface area contributed by atoms with Gasteiger partial charge in [-0.3, -0.25) is 10.1 Å². The zero-order chi connectivity index (χ0) is 17.9. The van der Waals surface area contributed by atoms with E-state index in [1.807, 2.05) is 6.20 Å². The van der Waals surface area contributed by atoms with Gasteiger partial charge in [0.05, 0.1) is 0 Å². The molecule has 1 amide bonds. The Labute approximate surface area is 155 Å². The predicted octanol–water partition coefficient (Wildman–Crippen LogP) is 4.07. The Morgan fingerprint density at radius 3 is 2.85 bits per heavy atom. The maximum atomic E-state index is 12.5. The minimum atomic E-state index is -0.210. The number of thiazole rings is 1. The summed E-state index contributed by atoms with van der Waals surface area (Å²) in [5, 5.41) is 3.44. The summed E-state index contributed by atoms with van der Waals surface area (Å²) in [4.78, 5) is 17.9. The number of benzene rings is 2. The molecule has 0 saturated carbocycles. The lowest BCUT2D eigenvalue weighted by molar-refractivity contribution is 0.102. The molecule has 0 unspecified atom stereocenters. The average molecular weight is 366 g/mol.